The fourth-order valence-corrected chi connectivity index (χ4v) is 1.83. The van der Waals surface area contributed by atoms with E-state index < -0.39 is 18.7 Å². The highest BCUT2D eigenvalue weighted by molar-refractivity contribution is 5.98. The van der Waals surface area contributed by atoms with Gasteiger partial charge < -0.3 is 10.1 Å². The second-order valence-corrected chi connectivity index (χ2v) is 5.24. The van der Waals surface area contributed by atoms with E-state index in [0.29, 0.717) is 5.56 Å². The molecule has 0 bridgehead atoms. The topological polar surface area (TPSA) is 55.4 Å². The van der Waals surface area contributed by atoms with Crippen LogP contribution in [0.25, 0.3) is 0 Å². The highest BCUT2D eigenvalue weighted by Crippen LogP contribution is 2.14. The number of ketones is 1. The quantitative estimate of drug-likeness (QED) is 0.588. The van der Waals surface area contributed by atoms with Crippen molar-refractivity contribution in [3.05, 3.63) is 34.9 Å². The van der Waals surface area contributed by atoms with Crippen molar-refractivity contribution in [1.82, 2.24) is 5.32 Å². The summed E-state index contributed by atoms with van der Waals surface area (Å²) in [5, 5.41) is 2.41. The van der Waals surface area contributed by atoms with Gasteiger partial charge in [0.05, 0.1) is 6.61 Å². The third-order valence-corrected chi connectivity index (χ3v) is 3.24. The predicted molar refractivity (Wildman–Crippen MR) is 79.4 cm³/mol. The lowest BCUT2D eigenvalue weighted by molar-refractivity contribution is -0.173. The highest BCUT2D eigenvalue weighted by Gasteiger charge is 2.27. The smallest absolute Gasteiger partial charge is 0.370 e. The number of Topliss-reactive ketones (excluding diaryl/α,β-unsaturated/α-hetero) is 1. The largest absolute Gasteiger partial charge is 0.411 e. The van der Waals surface area contributed by atoms with Crippen molar-refractivity contribution < 1.29 is 27.5 Å². The summed E-state index contributed by atoms with van der Waals surface area (Å²) in [5.41, 5.74) is 2.63. The minimum absolute atomic E-state index is 0.00890. The number of nitrogens with one attached hydrogen (secondary N) is 1. The van der Waals surface area contributed by atoms with Gasteiger partial charge in [0.2, 0.25) is 5.91 Å². The van der Waals surface area contributed by atoms with Crippen LogP contribution in [0.5, 0.6) is 0 Å². The summed E-state index contributed by atoms with van der Waals surface area (Å²) in [4.78, 5) is 23.5. The van der Waals surface area contributed by atoms with E-state index in [-0.39, 0.29) is 31.8 Å². The predicted octanol–water partition coefficient (Wildman–Crippen LogP) is 2.96. The van der Waals surface area contributed by atoms with E-state index in [9.17, 15) is 22.8 Å². The minimum atomic E-state index is -4.37. The van der Waals surface area contributed by atoms with Crippen molar-refractivity contribution in [3.8, 4) is 0 Å². The summed E-state index contributed by atoms with van der Waals surface area (Å²) in [6, 6.07) is 5.34. The normalized spacial score (nSPS) is 11.3. The zero-order valence-corrected chi connectivity index (χ0v) is 13.1. The molecule has 0 spiro atoms. The Morgan fingerprint density at radius 1 is 1.13 bits per heavy atom. The Labute approximate surface area is 133 Å². The SMILES string of the molecule is Cc1ccc(C(=O)CCC(=O)NCCOCC(F)(F)F)cc1C. The average Bonchev–Trinajstić information content (AvgIpc) is 2.46. The lowest BCUT2D eigenvalue weighted by Crippen LogP contribution is -2.29. The van der Waals surface area contributed by atoms with Crippen LogP contribution in [0.15, 0.2) is 18.2 Å². The summed E-state index contributed by atoms with van der Waals surface area (Å²) < 4.78 is 39.8. The molecule has 0 aliphatic heterocycles. The van der Waals surface area contributed by atoms with Crippen LogP contribution in [0.3, 0.4) is 0 Å². The van der Waals surface area contributed by atoms with Crippen LogP contribution in [-0.4, -0.2) is 37.6 Å². The van der Waals surface area contributed by atoms with Gasteiger partial charge in [-0.2, -0.15) is 13.2 Å². The lowest BCUT2D eigenvalue weighted by Gasteiger charge is -2.08. The zero-order chi connectivity index (χ0) is 17.5. The van der Waals surface area contributed by atoms with Crippen LogP contribution in [0.1, 0.15) is 34.3 Å². The molecule has 1 rings (SSSR count). The van der Waals surface area contributed by atoms with Gasteiger partial charge in [0, 0.05) is 24.9 Å². The number of carbonyl (C=O) groups is 2. The summed E-state index contributed by atoms with van der Waals surface area (Å²) >= 11 is 0. The maximum absolute atomic E-state index is 12.0. The van der Waals surface area contributed by atoms with Crippen molar-refractivity contribution in [2.45, 2.75) is 32.9 Å². The fourth-order valence-electron chi connectivity index (χ4n) is 1.83. The summed E-state index contributed by atoms with van der Waals surface area (Å²) in [5.74, 6) is -0.533. The number of ether oxygens (including phenoxy) is 1. The van der Waals surface area contributed by atoms with E-state index >= 15 is 0 Å². The number of aryl methyl sites for hydroxylation is 2. The Balaban J connectivity index is 2.25. The van der Waals surface area contributed by atoms with Gasteiger partial charge >= 0.3 is 6.18 Å². The maximum atomic E-state index is 12.0. The van der Waals surface area contributed by atoms with Crippen molar-refractivity contribution in [1.29, 1.82) is 0 Å². The second-order valence-electron chi connectivity index (χ2n) is 5.24. The van der Waals surface area contributed by atoms with E-state index in [2.05, 4.69) is 10.1 Å². The third kappa shape index (κ3) is 7.78. The molecular weight excluding hydrogens is 311 g/mol. The van der Waals surface area contributed by atoms with Gasteiger partial charge in [-0.1, -0.05) is 12.1 Å². The Bertz CT molecular complexity index is 556. The van der Waals surface area contributed by atoms with Gasteiger partial charge in [-0.3, -0.25) is 9.59 Å². The molecule has 0 saturated carbocycles. The molecule has 0 radical (unpaired) electrons. The van der Waals surface area contributed by atoms with Crippen LogP contribution in [0, 0.1) is 13.8 Å². The van der Waals surface area contributed by atoms with Crippen molar-refractivity contribution >= 4 is 11.7 Å². The van der Waals surface area contributed by atoms with Crippen LogP contribution in [0.2, 0.25) is 0 Å². The van der Waals surface area contributed by atoms with Crippen molar-refractivity contribution in [2.75, 3.05) is 19.8 Å². The summed E-state index contributed by atoms with van der Waals surface area (Å²) in [6.07, 6.45) is -4.33. The Kier molecular flexibility index (Phi) is 7.22. The molecular formula is C16H20F3NO3. The molecule has 0 heterocycles. The monoisotopic (exact) mass is 331 g/mol. The molecule has 7 heteroatoms. The van der Waals surface area contributed by atoms with Crippen LogP contribution in [-0.2, 0) is 9.53 Å². The lowest BCUT2D eigenvalue weighted by atomic mass is 10.0. The first-order valence-corrected chi connectivity index (χ1v) is 7.20. The van der Waals surface area contributed by atoms with E-state index in [4.69, 9.17) is 0 Å². The summed E-state index contributed by atoms with van der Waals surface area (Å²) in [6.45, 7) is 2.26. The molecule has 0 atom stereocenters. The zero-order valence-electron chi connectivity index (χ0n) is 13.1. The first kappa shape index (κ1) is 19.2. The molecule has 1 aromatic rings. The third-order valence-electron chi connectivity index (χ3n) is 3.24. The molecule has 0 fully saturated rings. The number of halogens is 3. The Morgan fingerprint density at radius 3 is 2.43 bits per heavy atom. The van der Waals surface area contributed by atoms with E-state index in [1.165, 1.54) is 0 Å². The fraction of sp³-hybridized carbons (Fsp3) is 0.500. The van der Waals surface area contributed by atoms with Gasteiger partial charge in [-0.25, -0.2) is 0 Å². The van der Waals surface area contributed by atoms with E-state index in [1.54, 1.807) is 12.1 Å². The Hall–Kier alpha value is -1.89. The molecule has 0 aliphatic carbocycles. The van der Waals surface area contributed by atoms with Gasteiger partial charge in [-0.05, 0) is 31.0 Å². The number of amides is 1. The number of benzene rings is 1. The molecule has 1 amide bonds. The molecule has 0 aromatic heterocycles. The van der Waals surface area contributed by atoms with Gasteiger partial charge in [0.1, 0.15) is 6.61 Å². The van der Waals surface area contributed by atoms with Gasteiger partial charge in [0.15, 0.2) is 5.78 Å². The number of hydrogen-bond donors (Lipinski definition) is 1. The van der Waals surface area contributed by atoms with Crippen LogP contribution >= 0.6 is 0 Å². The first-order valence-electron chi connectivity index (χ1n) is 7.20. The van der Waals surface area contributed by atoms with Crippen molar-refractivity contribution in [3.63, 3.8) is 0 Å². The van der Waals surface area contributed by atoms with E-state index in [0.717, 1.165) is 11.1 Å². The first-order chi connectivity index (χ1) is 10.7. The number of hydrogen-bond acceptors (Lipinski definition) is 3. The molecule has 23 heavy (non-hydrogen) atoms. The molecule has 0 saturated heterocycles. The number of rotatable bonds is 8. The standard InChI is InChI=1S/C16H20F3NO3/c1-11-3-4-13(9-12(11)2)14(21)5-6-15(22)20-7-8-23-10-16(17,18)19/h3-4,9H,5-8,10H2,1-2H3,(H,20,22). The van der Waals surface area contributed by atoms with Crippen molar-refractivity contribution in [2.24, 2.45) is 0 Å². The minimum Gasteiger partial charge on any atom is -0.370 e. The maximum Gasteiger partial charge on any atom is 0.411 e. The van der Waals surface area contributed by atoms with Gasteiger partial charge in [-0.15, -0.1) is 0 Å². The molecule has 0 unspecified atom stereocenters. The molecule has 4 nitrogen and oxygen atoms in total. The van der Waals surface area contributed by atoms with Crippen LogP contribution < -0.4 is 5.32 Å². The van der Waals surface area contributed by atoms with Gasteiger partial charge in [0.25, 0.3) is 0 Å². The van der Waals surface area contributed by atoms with Crippen LogP contribution in [0.4, 0.5) is 13.2 Å². The number of carbonyl (C=O) groups excluding carboxylic acids is 2. The summed E-state index contributed by atoms with van der Waals surface area (Å²) in [7, 11) is 0. The average molecular weight is 331 g/mol. The number of alkyl halides is 3. The molecule has 128 valence electrons. The highest BCUT2D eigenvalue weighted by atomic mass is 19.4. The van der Waals surface area contributed by atoms with E-state index in [1.807, 2.05) is 19.9 Å². The Morgan fingerprint density at radius 2 is 1.83 bits per heavy atom. The second kappa shape index (κ2) is 8.67. The molecule has 0 aliphatic rings. The molecule has 1 aromatic carbocycles. The molecule has 1 N–H and O–H groups in total.